The van der Waals surface area contributed by atoms with E-state index in [4.69, 9.17) is 16.3 Å². The highest BCUT2D eigenvalue weighted by Crippen LogP contribution is 2.24. The smallest absolute Gasteiger partial charge is 0.183 e. The van der Waals surface area contributed by atoms with E-state index >= 15 is 0 Å². The van der Waals surface area contributed by atoms with E-state index in [2.05, 4.69) is 11.4 Å². The largest absolute Gasteiger partial charge is 0.486 e. The monoisotopic (exact) mass is 299 g/mol. The molecule has 0 saturated heterocycles. The standard InChI is InChI=1S/C14H15ClFNOS/c1-10(8-17-9-11-4-3-7-19-11)18-13-6-2-5-12(15)14(13)16/h2-7,10,17H,8-9H2,1H3. The van der Waals surface area contributed by atoms with Crippen molar-refractivity contribution in [3.8, 4) is 5.75 Å². The van der Waals surface area contributed by atoms with E-state index in [-0.39, 0.29) is 16.9 Å². The van der Waals surface area contributed by atoms with Crippen molar-refractivity contribution in [2.75, 3.05) is 6.54 Å². The summed E-state index contributed by atoms with van der Waals surface area (Å²) in [5, 5.41) is 5.39. The number of thiophene rings is 1. The molecule has 5 heteroatoms. The molecule has 19 heavy (non-hydrogen) atoms. The van der Waals surface area contributed by atoms with Crippen molar-refractivity contribution in [3.63, 3.8) is 0 Å². The van der Waals surface area contributed by atoms with E-state index in [0.717, 1.165) is 6.54 Å². The first-order valence-electron chi connectivity index (χ1n) is 6.00. The molecule has 1 atom stereocenters. The number of halogens is 2. The van der Waals surface area contributed by atoms with Crippen molar-refractivity contribution >= 4 is 22.9 Å². The minimum absolute atomic E-state index is 0.0799. The summed E-state index contributed by atoms with van der Waals surface area (Å²) in [6.07, 6.45) is -0.132. The van der Waals surface area contributed by atoms with Gasteiger partial charge in [0, 0.05) is 18.0 Å². The van der Waals surface area contributed by atoms with Gasteiger partial charge in [0.05, 0.1) is 5.02 Å². The SMILES string of the molecule is CC(CNCc1cccs1)Oc1cccc(Cl)c1F. The fraction of sp³-hybridized carbons (Fsp3) is 0.286. The summed E-state index contributed by atoms with van der Waals surface area (Å²) in [5.74, 6) is -0.313. The summed E-state index contributed by atoms with van der Waals surface area (Å²) >= 11 is 7.40. The second-order valence-electron chi connectivity index (χ2n) is 4.19. The van der Waals surface area contributed by atoms with Crippen LogP contribution in [0, 0.1) is 5.82 Å². The Hall–Kier alpha value is -1.10. The average Bonchev–Trinajstić information content (AvgIpc) is 2.88. The van der Waals surface area contributed by atoms with Gasteiger partial charge in [0.1, 0.15) is 6.10 Å². The Morgan fingerprint density at radius 1 is 1.37 bits per heavy atom. The molecule has 0 aliphatic rings. The zero-order chi connectivity index (χ0) is 13.7. The van der Waals surface area contributed by atoms with E-state index in [9.17, 15) is 4.39 Å². The van der Waals surface area contributed by atoms with E-state index in [0.29, 0.717) is 6.54 Å². The van der Waals surface area contributed by atoms with Crippen LogP contribution in [0.4, 0.5) is 4.39 Å². The van der Waals surface area contributed by atoms with Crippen LogP contribution in [0.3, 0.4) is 0 Å². The predicted octanol–water partition coefficient (Wildman–Crippen LogP) is 4.10. The van der Waals surface area contributed by atoms with Gasteiger partial charge in [0.25, 0.3) is 0 Å². The number of hydrogen-bond donors (Lipinski definition) is 1. The molecular formula is C14H15ClFNOS. The summed E-state index contributed by atoms with van der Waals surface area (Å²) < 4.78 is 19.2. The van der Waals surface area contributed by atoms with E-state index in [1.807, 2.05) is 18.4 Å². The number of benzene rings is 1. The third kappa shape index (κ3) is 4.20. The normalized spacial score (nSPS) is 12.4. The first-order chi connectivity index (χ1) is 9.16. The Bertz CT molecular complexity index is 518. The van der Waals surface area contributed by atoms with Gasteiger partial charge in [0.2, 0.25) is 0 Å². The van der Waals surface area contributed by atoms with Crippen molar-refractivity contribution in [2.24, 2.45) is 0 Å². The highest BCUT2D eigenvalue weighted by atomic mass is 35.5. The van der Waals surface area contributed by atoms with Crippen LogP contribution in [0.1, 0.15) is 11.8 Å². The number of ether oxygens (including phenoxy) is 1. The summed E-state index contributed by atoms with van der Waals surface area (Å²) in [7, 11) is 0. The molecule has 0 amide bonds. The second-order valence-corrected chi connectivity index (χ2v) is 5.63. The lowest BCUT2D eigenvalue weighted by molar-refractivity contribution is 0.207. The maximum atomic E-state index is 13.6. The van der Waals surface area contributed by atoms with Crippen molar-refractivity contribution < 1.29 is 9.13 Å². The highest BCUT2D eigenvalue weighted by Gasteiger charge is 2.10. The number of rotatable bonds is 6. The minimum atomic E-state index is -0.505. The quantitative estimate of drug-likeness (QED) is 0.867. The topological polar surface area (TPSA) is 21.3 Å². The second kappa shape index (κ2) is 6.89. The van der Waals surface area contributed by atoms with Gasteiger partial charge in [-0.05, 0) is 30.5 Å². The first-order valence-corrected chi connectivity index (χ1v) is 7.26. The van der Waals surface area contributed by atoms with Crippen LogP contribution in [0.5, 0.6) is 5.75 Å². The van der Waals surface area contributed by atoms with Gasteiger partial charge >= 0.3 is 0 Å². The van der Waals surface area contributed by atoms with Gasteiger partial charge in [-0.1, -0.05) is 23.7 Å². The Morgan fingerprint density at radius 3 is 2.95 bits per heavy atom. The molecule has 0 aliphatic carbocycles. The molecule has 1 aromatic heterocycles. The molecule has 0 bridgehead atoms. The summed E-state index contributed by atoms with van der Waals surface area (Å²) in [6.45, 7) is 3.33. The van der Waals surface area contributed by atoms with Crippen LogP contribution in [0.15, 0.2) is 35.7 Å². The summed E-state index contributed by atoms with van der Waals surface area (Å²) in [5.41, 5.74) is 0. The molecule has 1 unspecified atom stereocenters. The van der Waals surface area contributed by atoms with Gasteiger partial charge < -0.3 is 10.1 Å². The molecule has 0 spiro atoms. The molecule has 1 heterocycles. The zero-order valence-corrected chi connectivity index (χ0v) is 12.1. The Balaban J connectivity index is 1.80. The lowest BCUT2D eigenvalue weighted by Crippen LogP contribution is -2.28. The lowest BCUT2D eigenvalue weighted by Gasteiger charge is -2.16. The Labute approximate surface area is 121 Å². The lowest BCUT2D eigenvalue weighted by atomic mass is 10.3. The van der Waals surface area contributed by atoms with Gasteiger partial charge in [0.15, 0.2) is 11.6 Å². The molecule has 0 saturated carbocycles. The Morgan fingerprint density at radius 2 is 2.21 bits per heavy atom. The van der Waals surface area contributed by atoms with Crippen molar-refractivity contribution in [1.29, 1.82) is 0 Å². The van der Waals surface area contributed by atoms with E-state index < -0.39 is 5.82 Å². The van der Waals surface area contributed by atoms with Gasteiger partial charge in [-0.2, -0.15) is 0 Å². The third-order valence-corrected chi connectivity index (χ3v) is 3.72. The fourth-order valence-electron chi connectivity index (χ4n) is 1.65. The minimum Gasteiger partial charge on any atom is -0.486 e. The van der Waals surface area contributed by atoms with Gasteiger partial charge in [-0.3, -0.25) is 0 Å². The molecule has 0 fully saturated rings. The van der Waals surface area contributed by atoms with Crippen molar-refractivity contribution in [1.82, 2.24) is 5.32 Å². The van der Waals surface area contributed by atoms with Crippen LogP contribution in [0.2, 0.25) is 5.02 Å². The van der Waals surface area contributed by atoms with Crippen molar-refractivity contribution in [2.45, 2.75) is 19.6 Å². The van der Waals surface area contributed by atoms with Crippen LogP contribution < -0.4 is 10.1 Å². The molecule has 2 aromatic rings. The van der Waals surface area contributed by atoms with Crippen LogP contribution in [0.25, 0.3) is 0 Å². The van der Waals surface area contributed by atoms with Gasteiger partial charge in [-0.25, -0.2) is 4.39 Å². The Kier molecular flexibility index (Phi) is 5.19. The fourth-order valence-corrected chi connectivity index (χ4v) is 2.49. The maximum absolute atomic E-state index is 13.6. The molecule has 102 valence electrons. The maximum Gasteiger partial charge on any atom is 0.183 e. The van der Waals surface area contributed by atoms with Crippen LogP contribution >= 0.6 is 22.9 Å². The number of nitrogens with one attached hydrogen (secondary N) is 1. The molecule has 1 N–H and O–H groups in total. The van der Waals surface area contributed by atoms with E-state index in [1.165, 1.54) is 10.9 Å². The summed E-state index contributed by atoms with van der Waals surface area (Å²) in [6, 6.07) is 8.84. The third-order valence-electron chi connectivity index (χ3n) is 2.56. The van der Waals surface area contributed by atoms with Gasteiger partial charge in [-0.15, -0.1) is 11.3 Å². The molecule has 0 radical (unpaired) electrons. The summed E-state index contributed by atoms with van der Waals surface area (Å²) in [4.78, 5) is 1.26. The average molecular weight is 300 g/mol. The highest BCUT2D eigenvalue weighted by molar-refractivity contribution is 7.09. The van der Waals surface area contributed by atoms with E-state index in [1.54, 1.807) is 23.5 Å². The van der Waals surface area contributed by atoms with Crippen LogP contribution in [-0.4, -0.2) is 12.6 Å². The molecule has 0 aliphatic heterocycles. The van der Waals surface area contributed by atoms with Crippen molar-refractivity contribution in [3.05, 3.63) is 51.4 Å². The molecule has 2 rings (SSSR count). The molecular weight excluding hydrogens is 285 g/mol. The predicted molar refractivity (Wildman–Crippen MR) is 77.5 cm³/mol. The number of hydrogen-bond acceptors (Lipinski definition) is 3. The first kappa shape index (κ1) is 14.3. The zero-order valence-electron chi connectivity index (χ0n) is 10.5. The molecule has 2 nitrogen and oxygen atoms in total. The molecule has 1 aromatic carbocycles. The van der Waals surface area contributed by atoms with Crippen LogP contribution in [-0.2, 0) is 6.54 Å².